The molecule has 0 aliphatic rings. The first-order chi connectivity index (χ1) is 10.3. The number of fused-ring (bicyclic) bond motifs is 1. The van der Waals surface area contributed by atoms with Crippen LogP contribution >= 0.6 is 15.9 Å². The number of ether oxygens (including phenoxy) is 1. The lowest BCUT2D eigenvalue weighted by molar-refractivity contribution is 0.291. The first-order valence-electron chi connectivity index (χ1n) is 6.72. The van der Waals surface area contributed by atoms with E-state index in [0.29, 0.717) is 19.0 Å². The number of aromatic nitrogens is 1. The molecule has 2 N–H and O–H groups in total. The van der Waals surface area contributed by atoms with Crippen molar-refractivity contribution in [3.8, 4) is 5.88 Å². The lowest BCUT2D eigenvalue weighted by Crippen LogP contribution is -2.05. The zero-order valence-corrected chi connectivity index (χ0v) is 13.0. The molecule has 0 amide bonds. The highest BCUT2D eigenvalue weighted by atomic mass is 79.9. The third-order valence-corrected chi connectivity index (χ3v) is 3.80. The molecule has 21 heavy (non-hydrogen) atoms. The maximum atomic E-state index is 5.86. The maximum Gasteiger partial charge on any atom is 0.218 e. The summed E-state index contributed by atoms with van der Waals surface area (Å²) < 4.78 is 6.91. The Morgan fingerprint density at radius 3 is 2.57 bits per heavy atom. The summed E-state index contributed by atoms with van der Waals surface area (Å²) in [5.41, 5.74) is 8.74. The van der Waals surface area contributed by atoms with E-state index in [2.05, 4.69) is 20.9 Å². The largest absolute Gasteiger partial charge is 0.473 e. The number of nitrogens with zero attached hydrogens (tertiary/aromatic N) is 1. The lowest BCUT2D eigenvalue weighted by atomic mass is 10.1. The van der Waals surface area contributed by atoms with Crippen LogP contribution in [0.25, 0.3) is 10.9 Å². The van der Waals surface area contributed by atoms with Crippen LogP contribution in [0.4, 0.5) is 0 Å². The van der Waals surface area contributed by atoms with Gasteiger partial charge in [-0.1, -0.05) is 46.3 Å². The number of halogens is 1. The predicted octanol–water partition coefficient (Wildman–Crippen LogP) is 4.04. The zero-order valence-electron chi connectivity index (χ0n) is 11.4. The van der Waals surface area contributed by atoms with E-state index in [0.717, 1.165) is 26.5 Å². The van der Waals surface area contributed by atoms with Gasteiger partial charge in [-0.15, -0.1) is 0 Å². The monoisotopic (exact) mass is 342 g/mol. The number of nitrogens with two attached hydrogens (primary N) is 1. The minimum atomic E-state index is 0.410. The van der Waals surface area contributed by atoms with Gasteiger partial charge in [0.15, 0.2) is 0 Å². The van der Waals surface area contributed by atoms with E-state index in [-0.39, 0.29) is 0 Å². The van der Waals surface area contributed by atoms with Crippen molar-refractivity contribution < 1.29 is 4.74 Å². The summed E-state index contributed by atoms with van der Waals surface area (Å²) in [5, 5.41) is 1.08. The van der Waals surface area contributed by atoms with E-state index in [1.54, 1.807) is 0 Å². The van der Waals surface area contributed by atoms with Gasteiger partial charge in [0.1, 0.15) is 6.61 Å². The van der Waals surface area contributed by atoms with Gasteiger partial charge in [0.05, 0.1) is 5.52 Å². The van der Waals surface area contributed by atoms with Gasteiger partial charge in [0.2, 0.25) is 5.88 Å². The van der Waals surface area contributed by atoms with E-state index in [9.17, 15) is 0 Å². The van der Waals surface area contributed by atoms with Crippen LogP contribution in [0.1, 0.15) is 11.1 Å². The Bertz CT molecular complexity index is 756. The molecule has 0 atom stereocenters. The van der Waals surface area contributed by atoms with E-state index in [1.807, 2.05) is 54.6 Å². The molecule has 1 heterocycles. The number of rotatable bonds is 4. The van der Waals surface area contributed by atoms with Crippen molar-refractivity contribution >= 4 is 26.8 Å². The Labute approximate surface area is 131 Å². The Morgan fingerprint density at radius 2 is 1.81 bits per heavy atom. The molecule has 3 rings (SSSR count). The van der Waals surface area contributed by atoms with Gasteiger partial charge in [0.25, 0.3) is 0 Å². The number of hydrogen-bond donors (Lipinski definition) is 1. The van der Waals surface area contributed by atoms with Gasteiger partial charge in [0, 0.05) is 22.0 Å². The van der Waals surface area contributed by atoms with Gasteiger partial charge in [-0.2, -0.15) is 0 Å². The van der Waals surface area contributed by atoms with Gasteiger partial charge < -0.3 is 10.5 Å². The van der Waals surface area contributed by atoms with Gasteiger partial charge in [-0.3, -0.25) is 0 Å². The molecule has 106 valence electrons. The molecule has 0 aliphatic carbocycles. The normalized spacial score (nSPS) is 10.8. The highest BCUT2D eigenvalue weighted by Crippen LogP contribution is 2.23. The molecule has 0 bridgehead atoms. The lowest BCUT2D eigenvalue weighted by Gasteiger charge is -2.11. The molecule has 0 unspecified atom stereocenters. The van der Waals surface area contributed by atoms with Crippen LogP contribution in [-0.4, -0.2) is 4.98 Å². The molecule has 0 saturated carbocycles. The van der Waals surface area contributed by atoms with Crippen LogP contribution in [0.5, 0.6) is 5.88 Å². The number of benzene rings is 2. The number of pyridine rings is 1. The Kier molecular flexibility index (Phi) is 4.18. The molecule has 0 saturated heterocycles. The van der Waals surface area contributed by atoms with Gasteiger partial charge >= 0.3 is 0 Å². The van der Waals surface area contributed by atoms with Crippen molar-refractivity contribution in [2.75, 3.05) is 0 Å². The average Bonchev–Trinajstić information content (AvgIpc) is 2.53. The summed E-state index contributed by atoms with van der Waals surface area (Å²) in [4.78, 5) is 4.57. The fourth-order valence-electron chi connectivity index (χ4n) is 2.15. The summed E-state index contributed by atoms with van der Waals surface area (Å²) in [7, 11) is 0. The van der Waals surface area contributed by atoms with Gasteiger partial charge in [-0.25, -0.2) is 4.98 Å². The molecule has 0 radical (unpaired) electrons. The first-order valence-corrected chi connectivity index (χ1v) is 7.51. The smallest absolute Gasteiger partial charge is 0.218 e. The molecular weight excluding hydrogens is 328 g/mol. The fourth-order valence-corrected chi connectivity index (χ4v) is 2.41. The Morgan fingerprint density at radius 1 is 1.05 bits per heavy atom. The van der Waals surface area contributed by atoms with Crippen LogP contribution in [0.3, 0.4) is 0 Å². The van der Waals surface area contributed by atoms with Crippen molar-refractivity contribution in [1.82, 2.24) is 4.98 Å². The van der Waals surface area contributed by atoms with E-state index in [1.165, 1.54) is 0 Å². The van der Waals surface area contributed by atoms with Crippen molar-refractivity contribution in [2.45, 2.75) is 13.2 Å². The topological polar surface area (TPSA) is 48.1 Å². The minimum Gasteiger partial charge on any atom is -0.473 e. The number of hydrogen-bond acceptors (Lipinski definition) is 3. The molecule has 0 spiro atoms. The third kappa shape index (κ3) is 3.23. The fraction of sp³-hybridized carbons (Fsp3) is 0.118. The van der Waals surface area contributed by atoms with Crippen molar-refractivity contribution in [2.24, 2.45) is 5.73 Å². The standard InChI is InChI=1S/C17H15BrN2O/c18-15-7-5-12(6-8-15)11-21-17-14(10-19)9-13-3-1-2-4-16(13)20-17/h1-9H,10-11,19H2. The van der Waals surface area contributed by atoms with Crippen LogP contribution in [0.2, 0.25) is 0 Å². The van der Waals surface area contributed by atoms with E-state index in [4.69, 9.17) is 10.5 Å². The second kappa shape index (κ2) is 6.24. The second-order valence-electron chi connectivity index (χ2n) is 4.76. The second-order valence-corrected chi connectivity index (χ2v) is 5.68. The molecule has 1 aromatic heterocycles. The van der Waals surface area contributed by atoms with Crippen LogP contribution in [0.15, 0.2) is 59.1 Å². The summed E-state index contributed by atoms with van der Waals surface area (Å²) in [6.07, 6.45) is 0. The molecule has 0 aliphatic heterocycles. The zero-order chi connectivity index (χ0) is 14.7. The van der Waals surface area contributed by atoms with Crippen LogP contribution in [-0.2, 0) is 13.2 Å². The first kappa shape index (κ1) is 14.0. The quantitative estimate of drug-likeness (QED) is 0.778. The summed E-state index contributed by atoms with van der Waals surface area (Å²) >= 11 is 3.42. The molecule has 3 nitrogen and oxygen atoms in total. The van der Waals surface area contributed by atoms with Crippen LogP contribution < -0.4 is 10.5 Å². The third-order valence-electron chi connectivity index (χ3n) is 3.27. The van der Waals surface area contributed by atoms with E-state index >= 15 is 0 Å². The molecule has 4 heteroatoms. The summed E-state index contributed by atoms with van der Waals surface area (Å²) in [6, 6.07) is 18.0. The predicted molar refractivity (Wildman–Crippen MR) is 88.1 cm³/mol. The highest BCUT2D eigenvalue weighted by Gasteiger charge is 2.07. The molecule has 0 fully saturated rings. The SMILES string of the molecule is NCc1cc2ccccc2nc1OCc1ccc(Br)cc1. The molecule has 2 aromatic carbocycles. The molecular formula is C17H15BrN2O. The highest BCUT2D eigenvalue weighted by molar-refractivity contribution is 9.10. The minimum absolute atomic E-state index is 0.410. The maximum absolute atomic E-state index is 5.86. The Balaban J connectivity index is 1.86. The number of para-hydroxylation sites is 1. The van der Waals surface area contributed by atoms with Crippen LogP contribution in [0, 0.1) is 0 Å². The van der Waals surface area contributed by atoms with Crippen molar-refractivity contribution in [3.63, 3.8) is 0 Å². The van der Waals surface area contributed by atoms with E-state index < -0.39 is 0 Å². The van der Waals surface area contributed by atoms with Crippen molar-refractivity contribution in [3.05, 3.63) is 70.2 Å². The Hall–Kier alpha value is -1.91. The summed E-state index contributed by atoms with van der Waals surface area (Å²) in [5.74, 6) is 0.610. The average molecular weight is 343 g/mol. The van der Waals surface area contributed by atoms with Gasteiger partial charge in [-0.05, 0) is 29.8 Å². The summed E-state index contributed by atoms with van der Waals surface area (Å²) in [6.45, 7) is 0.888. The molecule has 3 aromatic rings. The van der Waals surface area contributed by atoms with Crippen molar-refractivity contribution in [1.29, 1.82) is 0 Å².